The molecule has 3 heteroatoms. The van der Waals surface area contributed by atoms with Crippen LogP contribution in [0.1, 0.15) is 23.1 Å². The molecule has 10 rings (SSSR count). The first-order valence-corrected chi connectivity index (χ1v) is 19.0. The number of rotatable bonds is 7. The van der Waals surface area contributed by atoms with Crippen molar-refractivity contribution in [3.8, 4) is 44.5 Å². The molecule has 0 saturated heterocycles. The Morgan fingerprint density at radius 1 is 0.357 bits per heavy atom. The monoisotopic (exact) mass is 716 g/mol. The van der Waals surface area contributed by atoms with Crippen LogP contribution in [0.15, 0.2) is 221 Å². The second-order valence-corrected chi connectivity index (χ2v) is 14.1. The van der Waals surface area contributed by atoms with Gasteiger partial charge in [-0.3, -0.25) is 0 Å². The Morgan fingerprint density at radius 3 is 1.39 bits per heavy atom. The Kier molecular flexibility index (Phi) is 8.58. The van der Waals surface area contributed by atoms with Gasteiger partial charge in [-0.2, -0.15) is 0 Å². The summed E-state index contributed by atoms with van der Waals surface area (Å²) in [7, 11) is 0. The molecule has 0 radical (unpaired) electrons. The van der Waals surface area contributed by atoms with Gasteiger partial charge in [0.15, 0.2) is 5.84 Å². The van der Waals surface area contributed by atoms with Gasteiger partial charge >= 0.3 is 0 Å². The van der Waals surface area contributed by atoms with Gasteiger partial charge in [-0.25, -0.2) is 9.98 Å². The molecule has 0 N–H and O–H groups in total. The second kappa shape index (κ2) is 14.5. The number of nitrogens with zero attached hydrogens (tertiary/aromatic N) is 2. The zero-order chi connectivity index (χ0) is 37.3. The first-order chi connectivity index (χ1) is 27.7. The highest BCUT2D eigenvalue weighted by Crippen LogP contribution is 2.39. The Bertz CT molecular complexity index is 2920. The summed E-state index contributed by atoms with van der Waals surface area (Å²) in [5.74, 6) is 0.655. The first-order valence-electron chi connectivity index (χ1n) is 19.0. The number of para-hydroxylation sites is 1. The fourth-order valence-corrected chi connectivity index (χ4v) is 7.74. The number of fused-ring (bicyclic) bond motifs is 3. The molecule has 0 amide bonds. The third-order valence-corrected chi connectivity index (χ3v) is 10.6. The minimum atomic E-state index is 0.622. The van der Waals surface area contributed by atoms with E-state index in [4.69, 9.17) is 14.4 Å². The van der Waals surface area contributed by atoms with Crippen molar-refractivity contribution in [2.45, 2.75) is 6.42 Å². The molecule has 8 aromatic carbocycles. The maximum Gasteiger partial charge on any atom is 0.161 e. The van der Waals surface area contributed by atoms with E-state index in [1.54, 1.807) is 0 Å². The van der Waals surface area contributed by atoms with E-state index in [-0.39, 0.29) is 0 Å². The molecule has 0 fully saturated rings. The molecule has 0 bridgehead atoms. The van der Waals surface area contributed by atoms with E-state index in [0.29, 0.717) is 12.3 Å². The van der Waals surface area contributed by atoms with Gasteiger partial charge in [0.2, 0.25) is 0 Å². The molecule has 0 aliphatic carbocycles. The Morgan fingerprint density at radius 2 is 0.821 bits per heavy atom. The van der Waals surface area contributed by atoms with Gasteiger partial charge in [-0.1, -0.05) is 188 Å². The molecule has 0 unspecified atom stereocenters. The third kappa shape index (κ3) is 6.36. The van der Waals surface area contributed by atoms with Gasteiger partial charge in [0.1, 0.15) is 11.2 Å². The van der Waals surface area contributed by atoms with Gasteiger partial charge in [0.25, 0.3) is 0 Å². The first kappa shape index (κ1) is 33.2. The van der Waals surface area contributed by atoms with Crippen LogP contribution >= 0.6 is 0 Å². The van der Waals surface area contributed by atoms with Crippen LogP contribution in [0.2, 0.25) is 0 Å². The van der Waals surface area contributed by atoms with Crippen molar-refractivity contribution in [2.24, 2.45) is 9.98 Å². The van der Waals surface area contributed by atoms with Gasteiger partial charge in [0, 0.05) is 22.8 Å². The van der Waals surface area contributed by atoms with Crippen molar-refractivity contribution in [3.63, 3.8) is 0 Å². The summed E-state index contributed by atoms with van der Waals surface area (Å²) in [5.41, 5.74) is 15.7. The molecule has 3 nitrogen and oxygen atoms in total. The molecule has 1 aliphatic heterocycles. The van der Waals surface area contributed by atoms with Gasteiger partial charge in [-0.15, -0.1) is 0 Å². The van der Waals surface area contributed by atoms with E-state index >= 15 is 0 Å². The predicted octanol–water partition coefficient (Wildman–Crippen LogP) is 13.9. The van der Waals surface area contributed by atoms with Crippen LogP contribution in [0.3, 0.4) is 0 Å². The molecule has 0 saturated carbocycles. The summed E-state index contributed by atoms with van der Waals surface area (Å²) in [6, 6.07) is 70.2. The fourth-order valence-electron chi connectivity index (χ4n) is 7.74. The van der Waals surface area contributed by atoms with E-state index < -0.39 is 0 Å². The van der Waals surface area contributed by atoms with Gasteiger partial charge in [-0.05, 0) is 73.8 Å². The number of hydrogen-bond donors (Lipinski definition) is 0. The van der Waals surface area contributed by atoms with Crippen LogP contribution < -0.4 is 0 Å². The third-order valence-electron chi connectivity index (χ3n) is 10.6. The van der Waals surface area contributed by atoms with Crippen molar-refractivity contribution >= 4 is 39.2 Å². The topological polar surface area (TPSA) is 37.9 Å². The van der Waals surface area contributed by atoms with Crippen molar-refractivity contribution < 1.29 is 4.42 Å². The smallest absolute Gasteiger partial charge is 0.161 e. The second-order valence-electron chi connectivity index (χ2n) is 14.1. The molecule has 56 heavy (non-hydrogen) atoms. The number of furan rings is 1. The SMILES string of the molecule is C1=C(c2ccc(-c3ccccc3)cc2)N=C(c2c(-c3ccc(-c4ccccc4)cc3)ccc3oc4ccccc4c23)N=C(c2ccc(-c3ccccc3)cc2)C1. The molecule has 1 aliphatic rings. The molecular formula is C53H36N2O. The Balaban J connectivity index is 1.16. The molecular weight excluding hydrogens is 681 g/mol. The molecule has 1 aromatic heterocycles. The normalized spacial score (nSPS) is 12.9. The number of hydrogen-bond acceptors (Lipinski definition) is 3. The summed E-state index contributed by atoms with van der Waals surface area (Å²) in [4.78, 5) is 11.0. The molecule has 0 atom stereocenters. The average molecular weight is 717 g/mol. The van der Waals surface area contributed by atoms with Gasteiger partial charge < -0.3 is 4.42 Å². The number of allylic oxidation sites excluding steroid dienone is 1. The average Bonchev–Trinajstić information content (AvgIpc) is 3.52. The summed E-state index contributed by atoms with van der Waals surface area (Å²) in [5, 5.41) is 2.04. The highest BCUT2D eigenvalue weighted by Gasteiger charge is 2.23. The van der Waals surface area contributed by atoms with E-state index in [1.807, 2.05) is 24.3 Å². The summed E-state index contributed by atoms with van der Waals surface area (Å²) >= 11 is 0. The highest BCUT2D eigenvalue weighted by molar-refractivity contribution is 6.25. The molecule has 2 heterocycles. The molecule has 9 aromatic rings. The van der Waals surface area contributed by atoms with Gasteiger partial charge in [0.05, 0.1) is 11.4 Å². The quantitative estimate of drug-likeness (QED) is 0.162. The maximum atomic E-state index is 6.50. The minimum Gasteiger partial charge on any atom is -0.456 e. The minimum absolute atomic E-state index is 0.622. The van der Waals surface area contributed by atoms with Crippen LogP contribution in [0.25, 0.3) is 72.1 Å². The van der Waals surface area contributed by atoms with E-state index in [2.05, 4.69) is 182 Å². The lowest BCUT2D eigenvalue weighted by Crippen LogP contribution is -2.07. The van der Waals surface area contributed by atoms with E-state index in [0.717, 1.165) is 61.2 Å². The number of benzene rings is 8. The Hall–Kier alpha value is -7.36. The van der Waals surface area contributed by atoms with E-state index in [1.165, 1.54) is 33.4 Å². The standard InChI is InChI=1S/C53H36N2O/c1-4-12-36(13-5-1)39-20-26-42(27-21-39)45-32-35-50-51(46-18-10-11-19-49(46)56-50)52(45)53-54-47(43-28-22-40(23-29-43)37-14-6-2-7-15-37)33-34-48(55-53)44-30-24-41(25-31-44)38-16-8-3-9-17-38/h1-33,35H,34H2. The van der Waals surface area contributed by atoms with Crippen LogP contribution in [-0.2, 0) is 0 Å². The molecule has 0 spiro atoms. The van der Waals surface area contributed by atoms with Crippen LogP contribution in [0.5, 0.6) is 0 Å². The van der Waals surface area contributed by atoms with Crippen LogP contribution in [-0.4, -0.2) is 11.5 Å². The van der Waals surface area contributed by atoms with Crippen molar-refractivity contribution in [3.05, 3.63) is 223 Å². The zero-order valence-electron chi connectivity index (χ0n) is 30.6. The fraction of sp³-hybridized carbons (Fsp3) is 0.0189. The lowest BCUT2D eigenvalue weighted by molar-refractivity contribution is 0.669. The largest absolute Gasteiger partial charge is 0.456 e. The predicted molar refractivity (Wildman–Crippen MR) is 234 cm³/mol. The Labute approximate surface area is 326 Å². The van der Waals surface area contributed by atoms with Crippen molar-refractivity contribution in [2.75, 3.05) is 0 Å². The van der Waals surface area contributed by atoms with Crippen molar-refractivity contribution in [1.82, 2.24) is 0 Å². The lowest BCUT2D eigenvalue weighted by Gasteiger charge is -2.14. The highest BCUT2D eigenvalue weighted by atomic mass is 16.3. The summed E-state index contributed by atoms with van der Waals surface area (Å²) < 4.78 is 6.50. The van der Waals surface area contributed by atoms with Crippen LogP contribution in [0, 0.1) is 0 Å². The lowest BCUT2D eigenvalue weighted by atomic mass is 9.93. The van der Waals surface area contributed by atoms with Crippen molar-refractivity contribution in [1.29, 1.82) is 0 Å². The molecule has 264 valence electrons. The van der Waals surface area contributed by atoms with E-state index in [9.17, 15) is 0 Å². The summed E-state index contributed by atoms with van der Waals surface area (Å²) in [6.45, 7) is 0. The zero-order valence-corrected chi connectivity index (χ0v) is 30.6. The number of aliphatic imine (C=N–C) groups is 2. The maximum absolute atomic E-state index is 6.50. The van der Waals surface area contributed by atoms with Crippen LogP contribution in [0.4, 0.5) is 0 Å². The summed E-state index contributed by atoms with van der Waals surface area (Å²) in [6.07, 6.45) is 2.84. The number of amidine groups is 1.